The van der Waals surface area contributed by atoms with Crippen molar-refractivity contribution in [1.82, 2.24) is 4.90 Å². The van der Waals surface area contributed by atoms with E-state index >= 15 is 0 Å². The minimum atomic E-state index is -0.161. The van der Waals surface area contributed by atoms with Gasteiger partial charge in [0, 0.05) is 11.1 Å². The van der Waals surface area contributed by atoms with Gasteiger partial charge in [0.25, 0.3) is 0 Å². The predicted octanol–water partition coefficient (Wildman–Crippen LogP) is 4.52. The van der Waals surface area contributed by atoms with E-state index in [0.717, 1.165) is 37.1 Å². The zero-order valence-corrected chi connectivity index (χ0v) is 15.5. The van der Waals surface area contributed by atoms with Crippen LogP contribution in [-0.2, 0) is 4.79 Å². The summed E-state index contributed by atoms with van der Waals surface area (Å²) in [6, 6.07) is 21.5. The first-order chi connectivity index (χ1) is 13.8. The topological polar surface area (TPSA) is 69.3 Å². The minimum Gasteiger partial charge on any atom is -0.438 e. The molecule has 3 aromatic rings. The Hall–Kier alpha value is -3.36. The van der Waals surface area contributed by atoms with Gasteiger partial charge in [-0.05, 0) is 31.5 Å². The van der Waals surface area contributed by atoms with Crippen molar-refractivity contribution >= 4 is 11.8 Å². The van der Waals surface area contributed by atoms with Gasteiger partial charge in [-0.25, -0.2) is 0 Å². The number of amides is 1. The third-order valence-electron chi connectivity index (χ3n) is 4.94. The number of carbonyl (C=O) groups is 1. The molecule has 5 nitrogen and oxygen atoms in total. The predicted molar refractivity (Wildman–Crippen MR) is 109 cm³/mol. The summed E-state index contributed by atoms with van der Waals surface area (Å²) >= 11 is 0. The van der Waals surface area contributed by atoms with Crippen LogP contribution in [0.1, 0.15) is 18.4 Å². The maximum absolute atomic E-state index is 12.5. The molecule has 1 saturated heterocycles. The van der Waals surface area contributed by atoms with Crippen LogP contribution in [0.25, 0.3) is 22.5 Å². The molecule has 140 valence electrons. The first-order valence-corrected chi connectivity index (χ1v) is 9.46. The Kier molecular flexibility index (Phi) is 5.22. The van der Waals surface area contributed by atoms with E-state index in [4.69, 9.17) is 4.42 Å². The molecule has 0 spiro atoms. The van der Waals surface area contributed by atoms with Crippen LogP contribution in [0.3, 0.4) is 0 Å². The molecule has 1 amide bonds. The molecule has 0 saturated carbocycles. The molecule has 1 fully saturated rings. The number of benzene rings is 2. The summed E-state index contributed by atoms with van der Waals surface area (Å²) < 4.78 is 6.04. The second kappa shape index (κ2) is 8.12. The van der Waals surface area contributed by atoms with Crippen LogP contribution >= 0.6 is 0 Å². The fourth-order valence-corrected chi connectivity index (χ4v) is 3.61. The van der Waals surface area contributed by atoms with Gasteiger partial charge in [0.05, 0.1) is 6.54 Å². The summed E-state index contributed by atoms with van der Waals surface area (Å²) in [7, 11) is 0. The molecular weight excluding hydrogens is 350 g/mol. The molecule has 1 aliphatic heterocycles. The number of rotatable bonds is 5. The molecule has 4 rings (SSSR count). The summed E-state index contributed by atoms with van der Waals surface area (Å²) in [5.74, 6) is 0.635. The molecule has 0 atom stereocenters. The average molecular weight is 371 g/mol. The number of nitrogens with zero attached hydrogens (tertiary/aromatic N) is 2. The van der Waals surface area contributed by atoms with Gasteiger partial charge in [-0.3, -0.25) is 15.0 Å². The summed E-state index contributed by atoms with van der Waals surface area (Å²) in [5.41, 5.74) is 2.78. The molecule has 1 aromatic heterocycles. The maximum atomic E-state index is 12.5. The van der Waals surface area contributed by atoms with Crippen molar-refractivity contribution in [2.45, 2.75) is 12.8 Å². The normalized spacial score (nSPS) is 14.0. The zero-order valence-electron chi connectivity index (χ0n) is 15.5. The molecule has 2 aromatic carbocycles. The van der Waals surface area contributed by atoms with Crippen LogP contribution < -0.4 is 5.32 Å². The van der Waals surface area contributed by atoms with Gasteiger partial charge in [0.2, 0.25) is 11.8 Å². The number of hydrogen-bond acceptors (Lipinski definition) is 4. The summed E-state index contributed by atoms with van der Waals surface area (Å²) in [6.45, 7) is 2.18. The number of anilines is 1. The number of nitrogens with one attached hydrogen (secondary N) is 1. The summed E-state index contributed by atoms with van der Waals surface area (Å²) in [6.07, 6.45) is 2.24. The molecule has 0 bridgehead atoms. The molecule has 0 aliphatic carbocycles. The lowest BCUT2D eigenvalue weighted by Crippen LogP contribution is -2.30. The van der Waals surface area contributed by atoms with E-state index in [1.165, 1.54) is 0 Å². The van der Waals surface area contributed by atoms with Gasteiger partial charge in [-0.15, -0.1) is 0 Å². The highest BCUT2D eigenvalue weighted by Crippen LogP contribution is 2.41. The van der Waals surface area contributed by atoms with Crippen molar-refractivity contribution in [1.29, 1.82) is 5.26 Å². The van der Waals surface area contributed by atoms with E-state index in [9.17, 15) is 10.1 Å². The molecule has 1 aliphatic rings. The van der Waals surface area contributed by atoms with E-state index in [0.29, 0.717) is 23.4 Å². The van der Waals surface area contributed by atoms with Crippen molar-refractivity contribution in [2.75, 3.05) is 25.0 Å². The van der Waals surface area contributed by atoms with Crippen molar-refractivity contribution in [3.8, 4) is 28.5 Å². The second-order valence-electron chi connectivity index (χ2n) is 6.89. The molecular formula is C23H21N3O2. The van der Waals surface area contributed by atoms with E-state index in [-0.39, 0.29) is 11.8 Å². The van der Waals surface area contributed by atoms with Crippen molar-refractivity contribution in [3.05, 3.63) is 66.2 Å². The largest absolute Gasteiger partial charge is 0.438 e. The van der Waals surface area contributed by atoms with Gasteiger partial charge < -0.3 is 4.42 Å². The molecule has 0 unspecified atom stereocenters. The number of nitriles is 1. The van der Waals surface area contributed by atoms with Crippen LogP contribution in [0.2, 0.25) is 0 Å². The Labute approximate surface area is 164 Å². The Balaban J connectivity index is 1.74. The smallest absolute Gasteiger partial charge is 0.240 e. The van der Waals surface area contributed by atoms with E-state index in [2.05, 4.69) is 16.3 Å². The minimum absolute atomic E-state index is 0.161. The highest BCUT2D eigenvalue weighted by atomic mass is 16.4. The van der Waals surface area contributed by atoms with Gasteiger partial charge in [-0.2, -0.15) is 5.26 Å². The average Bonchev–Trinajstić information content (AvgIpc) is 3.36. The fraction of sp³-hybridized carbons (Fsp3) is 0.217. The SMILES string of the molecule is N#Cc1c(NC(=O)CN2CCCC2)oc(-c2ccccc2)c1-c1ccccc1. The van der Waals surface area contributed by atoms with Gasteiger partial charge in [0.15, 0.2) is 0 Å². The Morgan fingerprint density at radius 2 is 1.61 bits per heavy atom. The molecule has 5 heteroatoms. The highest BCUT2D eigenvalue weighted by molar-refractivity contribution is 5.96. The van der Waals surface area contributed by atoms with Gasteiger partial charge in [0.1, 0.15) is 17.4 Å². The van der Waals surface area contributed by atoms with Gasteiger partial charge in [-0.1, -0.05) is 60.7 Å². The quantitative estimate of drug-likeness (QED) is 0.716. The lowest BCUT2D eigenvalue weighted by atomic mass is 9.98. The van der Waals surface area contributed by atoms with Crippen molar-refractivity contribution < 1.29 is 9.21 Å². The van der Waals surface area contributed by atoms with Gasteiger partial charge >= 0.3 is 0 Å². The molecule has 0 radical (unpaired) electrons. The third-order valence-corrected chi connectivity index (χ3v) is 4.94. The molecule has 1 N–H and O–H groups in total. The lowest BCUT2D eigenvalue weighted by molar-refractivity contribution is -0.117. The van der Waals surface area contributed by atoms with E-state index in [1.54, 1.807) is 0 Å². The van der Waals surface area contributed by atoms with Crippen LogP contribution in [0.15, 0.2) is 65.1 Å². The zero-order chi connectivity index (χ0) is 19.3. The standard InChI is InChI=1S/C23H21N3O2/c24-15-19-21(17-9-3-1-4-10-17)22(18-11-5-2-6-12-18)28-23(19)25-20(27)16-26-13-7-8-14-26/h1-6,9-12H,7-8,13-14,16H2,(H,25,27). The summed E-state index contributed by atoms with van der Waals surface area (Å²) in [5, 5.41) is 12.7. The summed E-state index contributed by atoms with van der Waals surface area (Å²) in [4.78, 5) is 14.6. The highest BCUT2D eigenvalue weighted by Gasteiger charge is 2.25. The Morgan fingerprint density at radius 1 is 1.00 bits per heavy atom. The van der Waals surface area contributed by atoms with Crippen LogP contribution in [0.4, 0.5) is 5.88 Å². The lowest BCUT2D eigenvalue weighted by Gasteiger charge is -2.13. The third kappa shape index (κ3) is 3.68. The van der Waals surface area contributed by atoms with E-state index < -0.39 is 0 Å². The molecule has 2 heterocycles. The monoisotopic (exact) mass is 371 g/mol. The van der Waals surface area contributed by atoms with Crippen LogP contribution in [0, 0.1) is 11.3 Å². The number of carbonyl (C=O) groups excluding carboxylic acids is 1. The number of furan rings is 1. The first kappa shape index (κ1) is 18.0. The van der Waals surface area contributed by atoms with Crippen LogP contribution in [-0.4, -0.2) is 30.4 Å². The second-order valence-corrected chi connectivity index (χ2v) is 6.89. The number of hydrogen-bond donors (Lipinski definition) is 1. The first-order valence-electron chi connectivity index (χ1n) is 9.46. The number of likely N-dealkylation sites (tertiary alicyclic amines) is 1. The van der Waals surface area contributed by atoms with Crippen LogP contribution in [0.5, 0.6) is 0 Å². The van der Waals surface area contributed by atoms with Crippen molar-refractivity contribution in [3.63, 3.8) is 0 Å². The van der Waals surface area contributed by atoms with Crippen molar-refractivity contribution in [2.24, 2.45) is 0 Å². The Bertz CT molecular complexity index is 998. The Morgan fingerprint density at radius 3 is 2.21 bits per heavy atom. The van der Waals surface area contributed by atoms with E-state index in [1.807, 2.05) is 60.7 Å². The molecule has 28 heavy (non-hydrogen) atoms. The fourth-order valence-electron chi connectivity index (χ4n) is 3.61. The maximum Gasteiger partial charge on any atom is 0.240 e.